The molecule has 5 heteroatoms. The van der Waals surface area contributed by atoms with Gasteiger partial charge < -0.3 is 14.2 Å². The van der Waals surface area contributed by atoms with Gasteiger partial charge in [0.2, 0.25) is 0 Å². The Morgan fingerprint density at radius 1 is 1.03 bits per heavy atom. The second kappa shape index (κ2) is 9.59. The van der Waals surface area contributed by atoms with E-state index in [1.807, 2.05) is 35.2 Å². The number of carbonyl (C=O) groups is 1. The maximum Gasteiger partial charge on any atom is 0.294 e. The van der Waals surface area contributed by atoms with E-state index >= 15 is 0 Å². The van der Waals surface area contributed by atoms with Gasteiger partial charge in [0.05, 0.1) is 6.26 Å². The third kappa shape index (κ3) is 5.08. The zero-order chi connectivity index (χ0) is 20.1. The summed E-state index contributed by atoms with van der Waals surface area (Å²) in [6.07, 6.45) is 4.56. The molecule has 3 aromatic rings. The van der Waals surface area contributed by atoms with Crippen LogP contribution in [0.3, 0.4) is 0 Å². The monoisotopic (exact) mass is 500 g/mol. The molecular formula is C24H25IN2O2. The van der Waals surface area contributed by atoms with Crippen LogP contribution < -0.4 is 4.90 Å². The smallest absolute Gasteiger partial charge is 0.294 e. The Morgan fingerprint density at radius 3 is 2.52 bits per heavy atom. The molecule has 0 N–H and O–H groups in total. The summed E-state index contributed by atoms with van der Waals surface area (Å²) in [5.41, 5.74) is 2.32. The van der Waals surface area contributed by atoms with Crippen LogP contribution in [0.15, 0.2) is 77.4 Å². The molecule has 1 aliphatic heterocycles. The quantitative estimate of drug-likeness (QED) is 0.435. The molecule has 2 aromatic carbocycles. The minimum Gasteiger partial charge on any atom is -0.459 e. The standard InChI is InChI=1S/C24H25IN2O2/c25-20-7-4-6-19(18-20)11-14-26-15-12-22(13-16-26)27(21-8-2-1-3-9-21)24(28)23-10-5-17-29-23/h1-10,17-18,22H,11-16H2. The van der Waals surface area contributed by atoms with Crippen molar-refractivity contribution in [2.24, 2.45) is 0 Å². The highest BCUT2D eigenvalue weighted by molar-refractivity contribution is 14.1. The fraction of sp³-hybridized carbons (Fsp3) is 0.292. The third-order valence-corrected chi connectivity index (χ3v) is 6.18. The number of hydrogen-bond donors (Lipinski definition) is 0. The molecule has 4 rings (SSSR count). The van der Waals surface area contributed by atoms with E-state index in [1.165, 1.54) is 9.13 Å². The third-order valence-electron chi connectivity index (χ3n) is 5.51. The van der Waals surface area contributed by atoms with Gasteiger partial charge in [-0.1, -0.05) is 30.3 Å². The van der Waals surface area contributed by atoms with Crippen molar-refractivity contribution >= 4 is 34.2 Å². The SMILES string of the molecule is O=C(c1ccco1)N(c1ccccc1)C1CCN(CCc2cccc(I)c2)CC1. The number of carbonyl (C=O) groups excluding carboxylic acids is 1. The molecule has 0 atom stereocenters. The van der Waals surface area contributed by atoms with Gasteiger partial charge in [-0.05, 0) is 83.8 Å². The number of furan rings is 1. The topological polar surface area (TPSA) is 36.7 Å². The van der Waals surface area contributed by atoms with Crippen molar-refractivity contribution in [2.45, 2.75) is 25.3 Å². The van der Waals surface area contributed by atoms with Crippen molar-refractivity contribution in [3.8, 4) is 0 Å². The molecular weight excluding hydrogens is 475 g/mol. The number of rotatable bonds is 6. The number of nitrogens with zero attached hydrogens (tertiary/aromatic N) is 2. The number of hydrogen-bond acceptors (Lipinski definition) is 3. The van der Waals surface area contributed by atoms with E-state index in [0.29, 0.717) is 5.76 Å². The average Bonchev–Trinajstić information content (AvgIpc) is 3.29. The number of amides is 1. The Morgan fingerprint density at radius 2 is 1.83 bits per heavy atom. The lowest BCUT2D eigenvalue weighted by atomic mass is 10.0. The first kappa shape index (κ1) is 20.2. The normalized spacial score (nSPS) is 15.3. The van der Waals surface area contributed by atoms with E-state index in [1.54, 1.807) is 18.4 Å². The fourth-order valence-electron chi connectivity index (χ4n) is 3.98. The van der Waals surface area contributed by atoms with Crippen molar-refractivity contribution in [1.82, 2.24) is 4.90 Å². The number of anilines is 1. The summed E-state index contributed by atoms with van der Waals surface area (Å²) >= 11 is 2.37. The van der Waals surface area contributed by atoms with Gasteiger partial charge in [-0.2, -0.15) is 0 Å². The Balaban J connectivity index is 1.41. The highest BCUT2D eigenvalue weighted by Gasteiger charge is 2.30. The molecule has 150 valence electrons. The zero-order valence-corrected chi connectivity index (χ0v) is 18.5. The summed E-state index contributed by atoms with van der Waals surface area (Å²) < 4.78 is 6.69. The molecule has 1 amide bonds. The van der Waals surface area contributed by atoms with Gasteiger partial charge in [0.15, 0.2) is 5.76 Å². The van der Waals surface area contributed by atoms with Crippen molar-refractivity contribution in [1.29, 1.82) is 0 Å². The van der Waals surface area contributed by atoms with E-state index in [0.717, 1.165) is 44.6 Å². The molecule has 1 saturated heterocycles. The van der Waals surface area contributed by atoms with Gasteiger partial charge >= 0.3 is 0 Å². The minimum atomic E-state index is -0.0569. The van der Waals surface area contributed by atoms with Gasteiger partial charge in [-0.3, -0.25) is 4.79 Å². The summed E-state index contributed by atoms with van der Waals surface area (Å²) in [7, 11) is 0. The summed E-state index contributed by atoms with van der Waals surface area (Å²) in [4.78, 5) is 17.6. The predicted molar refractivity (Wildman–Crippen MR) is 124 cm³/mol. The maximum atomic E-state index is 13.1. The van der Waals surface area contributed by atoms with Crippen molar-refractivity contribution in [2.75, 3.05) is 24.5 Å². The van der Waals surface area contributed by atoms with E-state index < -0.39 is 0 Å². The lowest BCUT2D eigenvalue weighted by molar-refractivity contribution is 0.0933. The van der Waals surface area contributed by atoms with Crippen LogP contribution in [-0.2, 0) is 6.42 Å². The van der Waals surface area contributed by atoms with Crippen LogP contribution in [0.1, 0.15) is 29.0 Å². The number of para-hydroxylation sites is 1. The molecule has 29 heavy (non-hydrogen) atoms. The maximum absolute atomic E-state index is 13.1. The molecule has 4 nitrogen and oxygen atoms in total. The van der Waals surface area contributed by atoms with Gasteiger partial charge in [0, 0.05) is 34.9 Å². The van der Waals surface area contributed by atoms with Crippen LogP contribution in [-0.4, -0.2) is 36.5 Å². The molecule has 0 unspecified atom stereocenters. The van der Waals surface area contributed by atoms with Gasteiger partial charge in [-0.15, -0.1) is 0 Å². The predicted octanol–water partition coefficient (Wildman–Crippen LogP) is 5.24. The van der Waals surface area contributed by atoms with Crippen molar-refractivity contribution < 1.29 is 9.21 Å². The summed E-state index contributed by atoms with van der Waals surface area (Å²) in [5.74, 6) is 0.341. The lowest BCUT2D eigenvalue weighted by Crippen LogP contribution is -2.48. The number of halogens is 1. The molecule has 1 aliphatic rings. The van der Waals surface area contributed by atoms with Gasteiger partial charge in [-0.25, -0.2) is 0 Å². The minimum absolute atomic E-state index is 0.0569. The highest BCUT2D eigenvalue weighted by atomic mass is 127. The first-order chi connectivity index (χ1) is 14.2. The summed E-state index contributed by atoms with van der Waals surface area (Å²) in [6, 6.07) is 22.4. The molecule has 1 aromatic heterocycles. The van der Waals surface area contributed by atoms with E-state index in [-0.39, 0.29) is 11.9 Å². The average molecular weight is 500 g/mol. The first-order valence-corrected chi connectivity index (χ1v) is 11.2. The highest BCUT2D eigenvalue weighted by Crippen LogP contribution is 2.26. The van der Waals surface area contributed by atoms with Crippen molar-refractivity contribution in [3.05, 3.63) is 87.9 Å². The van der Waals surface area contributed by atoms with Crippen LogP contribution in [0.25, 0.3) is 0 Å². The zero-order valence-electron chi connectivity index (χ0n) is 16.3. The Bertz CT molecular complexity index is 919. The summed E-state index contributed by atoms with van der Waals surface area (Å²) in [5, 5.41) is 0. The molecule has 0 radical (unpaired) electrons. The second-order valence-electron chi connectivity index (χ2n) is 7.44. The van der Waals surface area contributed by atoms with Crippen LogP contribution in [0.4, 0.5) is 5.69 Å². The molecule has 0 aliphatic carbocycles. The van der Waals surface area contributed by atoms with Crippen molar-refractivity contribution in [3.63, 3.8) is 0 Å². The van der Waals surface area contributed by atoms with Crippen LogP contribution in [0.5, 0.6) is 0 Å². The first-order valence-electron chi connectivity index (χ1n) is 10.1. The van der Waals surface area contributed by atoms with Crippen LogP contribution >= 0.6 is 22.6 Å². The van der Waals surface area contributed by atoms with Gasteiger partial charge in [0.1, 0.15) is 0 Å². The lowest BCUT2D eigenvalue weighted by Gasteiger charge is -2.38. The number of piperidine rings is 1. The summed E-state index contributed by atoms with van der Waals surface area (Å²) in [6.45, 7) is 3.07. The van der Waals surface area contributed by atoms with Crippen LogP contribution in [0.2, 0.25) is 0 Å². The van der Waals surface area contributed by atoms with Gasteiger partial charge in [0.25, 0.3) is 5.91 Å². The molecule has 2 heterocycles. The molecule has 0 bridgehead atoms. The molecule has 0 saturated carbocycles. The van der Waals surface area contributed by atoms with E-state index in [2.05, 4.69) is 51.8 Å². The number of likely N-dealkylation sites (tertiary alicyclic amines) is 1. The largest absolute Gasteiger partial charge is 0.459 e. The van der Waals surface area contributed by atoms with E-state index in [4.69, 9.17) is 4.42 Å². The number of benzene rings is 2. The van der Waals surface area contributed by atoms with Crippen LogP contribution in [0, 0.1) is 3.57 Å². The fourth-order valence-corrected chi connectivity index (χ4v) is 4.59. The Hall–Kier alpha value is -2.12. The Labute approximate surface area is 185 Å². The second-order valence-corrected chi connectivity index (χ2v) is 8.69. The van der Waals surface area contributed by atoms with E-state index in [9.17, 15) is 4.79 Å². The Kier molecular flexibility index (Phi) is 6.67. The molecule has 0 spiro atoms. The molecule has 1 fully saturated rings.